The SMILES string of the molecule is C=C/C=C\c1cccc(-c2cccccccc3ccccc23)c1. The fraction of sp³-hybridized carbons (Fsp3) is 0. The largest absolute Gasteiger partial charge is 0.0991 e. The second-order valence-corrected chi connectivity index (χ2v) is 5.52. The summed E-state index contributed by atoms with van der Waals surface area (Å²) in [6.45, 7) is 3.74. The molecule has 0 heteroatoms. The fourth-order valence-corrected chi connectivity index (χ4v) is 2.72. The van der Waals surface area contributed by atoms with Gasteiger partial charge in [-0.1, -0.05) is 110 Å². The molecule has 0 aliphatic carbocycles. The van der Waals surface area contributed by atoms with Gasteiger partial charge in [0.1, 0.15) is 0 Å². The third kappa shape index (κ3) is 3.80. The number of fused-ring (bicyclic) bond motifs is 1. The molecule has 0 bridgehead atoms. The van der Waals surface area contributed by atoms with Gasteiger partial charge in [0.2, 0.25) is 0 Å². The molecule has 0 saturated carbocycles. The Morgan fingerprint density at radius 2 is 1.38 bits per heavy atom. The Kier molecular flexibility index (Phi) is 5.21. The number of allylic oxidation sites excluding steroid dienone is 2. The van der Waals surface area contributed by atoms with Crippen molar-refractivity contribution in [3.05, 3.63) is 115 Å². The van der Waals surface area contributed by atoms with Crippen LogP contribution in [0.4, 0.5) is 0 Å². The minimum Gasteiger partial charge on any atom is -0.0991 e. The zero-order valence-electron chi connectivity index (χ0n) is 13.6. The van der Waals surface area contributed by atoms with Crippen molar-refractivity contribution in [1.29, 1.82) is 0 Å². The zero-order chi connectivity index (χ0) is 16.6. The molecule has 0 radical (unpaired) electrons. The molecular weight excluding hydrogens is 288 g/mol. The summed E-state index contributed by atoms with van der Waals surface area (Å²) in [6.07, 6.45) is 5.83. The summed E-state index contributed by atoms with van der Waals surface area (Å²) in [5, 5.41) is 2.45. The van der Waals surface area contributed by atoms with E-state index < -0.39 is 0 Å². The van der Waals surface area contributed by atoms with Crippen LogP contribution in [0.1, 0.15) is 5.56 Å². The summed E-state index contributed by atoms with van der Waals surface area (Å²) in [5.74, 6) is 0. The lowest BCUT2D eigenvalue weighted by atomic mass is 9.98. The second-order valence-electron chi connectivity index (χ2n) is 5.52. The Morgan fingerprint density at radius 3 is 2.21 bits per heavy atom. The third-order valence-electron chi connectivity index (χ3n) is 3.86. The molecule has 0 atom stereocenters. The molecule has 0 aliphatic rings. The van der Waals surface area contributed by atoms with E-state index in [1.165, 1.54) is 27.5 Å². The first-order valence-electron chi connectivity index (χ1n) is 8.09. The molecule has 0 amide bonds. The molecular formula is C24H20. The average Bonchev–Trinajstić information content (AvgIpc) is 2.64. The highest BCUT2D eigenvalue weighted by molar-refractivity contribution is 5.95. The van der Waals surface area contributed by atoms with Gasteiger partial charge in [0.15, 0.2) is 0 Å². The van der Waals surface area contributed by atoms with Gasteiger partial charge in [0.05, 0.1) is 0 Å². The van der Waals surface area contributed by atoms with E-state index in [-0.39, 0.29) is 0 Å². The van der Waals surface area contributed by atoms with Crippen molar-refractivity contribution < 1.29 is 0 Å². The minimum absolute atomic E-state index is 1.17. The second kappa shape index (κ2) is 7.94. The highest BCUT2D eigenvalue weighted by Gasteiger charge is 2.01. The highest BCUT2D eigenvalue weighted by atomic mass is 14.1. The zero-order valence-corrected chi connectivity index (χ0v) is 13.6. The summed E-state index contributed by atoms with van der Waals surface area (Å²) < 4.78 is 0. The maximum atomic E-state index is 3.74. The van der Waals surface area contributed by atoms with Crippen LogP contribution >= 0.6 is 0 Å². The Hall–Kier alpha value is -3.12. The molecule has 3 aromatic rings. The Labute approximate surface area is 143 Å². The highest BCUT2D eigenvalue weighted by Crippen LogP contribution is 2.27. The molecule has 0 heterocycles. The van der Waals surface area contributed by atoms with Crippen LogP contribution in [-0.2, 0) is 0 Å². The summed E-state index contributed by atoms with van der Waals surface area (Å²) in [7, 11) is 0. The molecule has 0 unspecified atom stereocenters. The molecule has 0 fully saturated rings. The Bertz CT molecular complexity index is 930. The first kappa shape index (κ1) is 15.8. The quantitative estimate of drug-likeness (QED) is 0.465. The van der Waals surface area contributed by atoms with Gasteiger partial charge in [-0.25, -0.2) is 0 Å². The number of rotatable bonds is 3. The van der Waals surface area contributed by atoms with Crippen molar-refractivity contribution in [1.82, 2.24) is 0 Å². The van der Waals surface area contributed by atoms with E-state index in [0.717, 1.165) is 0 Å². The lowest BCUT2D eigenvalue weighted by molar-refractivity contribution is 1.62. The van der Waals surface area contributed by atoms with E-state index in [0.29, 0.717) is 0 Å². The molecule has 0 aliphatic heterocycles. The Morgan fingerprint density at radius 1 is 0.667 bits per heavy atom. The van der Waals surface area contributed by atoms with Gasteiger partial charge < -0.3 is 0 Å². The van der Waals surface area contributed by atoms with Crippen LogP contribution < -0.4 is 0 Å². The summed E-state index contributed by atoms with van der Waals surface area (Å²) in [6, 6.07) is 31.7. The average molecular weight is 308 g/mol. The maximum Gasteiger partial charge on any atom is -0.0105 e. The first-order chi connectivity index (χ1) is 11.9. The molecule has 0 N–H and O–H groups in total. The van der Waals surface area contributed by atoms with E-state index in [1.807, 2.05) is 18.2 Å². The first-order valence-corrected chi connectivity index (χ1v) is 8.09. The van der Waals surface area contributed by atoms with E-state index in [9.17, 15) is 0 Å². The van der Waals surface area contributed by atoms with Gasteiger partial charge in [-0.15, -0.1) is 0 Å². The van der Waals surface area contributed by atoms with E-state index in [2.05, 4.69) is 91.5 Å². The number of hydrogen-bond donors (Lipinski definition) is 0. The number of hydrogen-bond acceptors (Lipinski definition) is 0. The van der Waals surface area contributed by atoms with Crippen LogP contribution in [0.2, 0.25) is 0 Å². The monoisotopic (exact) mass is 308 g/mol. The van der Waals surface area contributed by atoms with E-state index in [1.54, 1.807) is 6.08 Å². The molecule has 116 valence electrons. The molecule has 3 rings (SSSR count). The van der Waals surface area contributed by atoms with Gasteiger partial charge in [0, 0.05) is 0 Å². The fourth-order valence-electron chi connectivity index (χ4n) is 2.72. The molecule has 0 nitrogen and oxygen atoms in total. The van der Waals surface area contributed by atoms with Crippen molar-refractivity contribution in [3.63, 3.8) is 0 Å². The van der Waals surface area contributed by atoms with Crippen molar-refractivity contribution in [2.75, 3.05) is 0 Å². The smallest absolute Gasteiger partial charge is 0.0105 e. The standard InChI is InChI=1S/C24H20/c1-2-3-12-20-13-11-16-22(19-20)24-17-8-6-4-5-7-14-21-15-9-10-18-23(21)24/h2-19H,1H2/b5-4?,6-4?,7-5?,8-6?,12-3-,14-7?,17-8?,21-14?,24-17?,24-23?. The molecule has 0 aromatic heterocycles. The van der Waals surface area contributed by atoms with Gasteiger partial charge in [-0.05, 0) is 33.5 Å². The van der Waals surface area contributed by atoms with Gasteiger partial charge in [-0.3, -0.25) is 0 Å². The molecule has 0 saturated heterocycles. The van der Waals surface area contributed by atoms with E-state index in [4.69, 9.17) is 0 Å². The van der Waals surface area contributed by atoms with Crippen molar-refractivity contribution in [2.45, 2.75) is 0 Å². The predicted molar refractivity (Wildman–Crippen MR) is 106 cm³/mol. The van der Waals surface area contributed by atoms with Gasteiger partial charge in [-0.2, -0.15) is 0 Å². The van der Waals surface area contributed by atoms with Crippen molar-refractivity contribution in [2.24, 2.45) is 0 Å². The number of benzene rings is 2. The lowest BCUT2D eigenvalue weighted by Gasteiger charge is -2.06. The normalized spacial score (nSPS) is 10.5. The molecule has 0 spiro atoms. The van der Waals surface area contributed by atoms with Crippen molar-refractivity contribution >= 4 is 16.8 Å². The van der Waals surface area contributed by atoms with Crippen LogP contribution in [-0.4, -0.2) is 0 Å². The summed E-state index contributed by atoms with van der Waals surface area (Å²) in [5.41, 5.74) is 3.59. The van der Waals surface area contributed by atoms with Crippen LogP contribution in [0, 0.1) is 0 Å². The summed E-state index contributed by atoms with van der Waals surface area (Å²) >= 11 is 0. The van der Waals surface area contributed by atoms with Crippen LogP contribution in [0.25, 0.3) is 28.0 Å². The summed E-state index contributed by atoms with van der Waals surface area (Å²) in [4.78, 5) is 0. The van der Waals surface area contributed by atoms with Crippen LogP contribution in [0.3, 0.4) is 0 Å². The van der Waals surface area contributed by atoms with Gasteiger partial charge >= 0.3 is 0 Å². The van der Waals surface area contributed by atoms with Crippen LogP contribution in [0.15, 0.2) is 110 Å². The third-order valence-corrected chi connectivity index (χ3v) is 3.86. The predicted octanol–water partition coefficient (Wildman–Crippen LogP) is 6.83. The van der Waals surface area contributed by atoms with Crippen molar-refractivity contribution in [3.8, 4) is 11.1 Å². The van der Waals surface area contributed by atoms with E-state index >= 15 is 0 Å². The molecule has 24 heavy (non-hydrogen) atoms. The minimum atomic E-state index is 1.17. The lowest BCUT2D eigenvalue weighted by Crippen LogP contribution is -1.80. The topological polar surface area (TPSA) is 0 Å². The molecule has 3 aromatic carbocycles. The van der Waals surface area contributed by atoms with Crippen LogP contribution in [0.5, 0.6) is 0 Å². The Balaban J connectivity index is 2.29. The van der Waals surface area contributed by atoms with Gasteiger partial charge in [0.25, 0.3) is 0 Å². The maximum absolute atomic E-state index is 3.74.